The summed E-state index contributed by atoms with van der Waals surface area (Å²) in [7, 11) is 0. The number of aromatic nitrogens is 1. The maximum absolute atomic E-state index is 12.3. The summed E-state index contributed by atoms with van der Waals surface area (Å²) in [6, 6.07) is 5.30. The van der Waals surface area contributed by atoms with Crippen molar-refractivity contribution in [3.05, 3.63) is 34.1 Å². The summed E-state index contributed by atoms with van der Waals surface area (Å²) in [5, 5.41) is 0.634. The number of H-pyrrole nitrogens is 1. The number of benzene rings is 1. The van der Waals surface area contributed by atoms with Crippen molar-refractivity contribution in [1.82, 2.24) is 4.98 Å². The second-order valence-electron chi connectivity index (χ2n) is 5.47. The lowest BCUT2D eigenvalue weighted by molar-refractivity contribution is 0.288. The lowest BCUT2D eigenvalue weighted by Gasteiger charge is -2.13. The Hall–Kier alpha value is -1.97. The minimum absolute atomic E-state index is 0.0170. The van der Waals surface area contributed by atoms with Crippen LogP contribution in [0.1, 0.15) is 33.4 Å². The monoisotopic (exact) mass is 289 g/mol. The molecule has 0 aliphatic rings. The molecule has 2 rings (SSSR count). The van der Waals surface area contributed by atoms with Crippen molar-refractivity contribution < 1.29 is 9.47 Å². The van der Waals surface area contributed by atoms with Gasteiger partial charge in [0.25, 0.3) is 0 Å². The maximum atomic E-state index is 12.3. The van der Waals surface area contributed by atoms with Gasteiger partial charge in [0, 0.05) is 23.2 Å². The summed E-state index contributed by atoms with van der Waals surface area (Å²) in [5.74, 6) is 1.78. The summed E-state index contributed by atoms with van der Waals surface area (Å²) in [6.45, 7) is 9.20. The number of rotatable bonds is 6. The maximum Gasteiger partial charge on any atom is 0.189 e. The highest BCUT2D eigenvalue weighted by Crippen LogP contribution is 2.31. The second kappa shape index (κ2) is 6.66. The quantitative estimate of drug-likeness (QED) is 0.885. The van der Waals surface area contributed by atoms with Gasteiger partial charge in [-0.15, -0.1) is 0 Å². The highest BCUT2D eigenvalue weighted by molar-refractivity contribution is 5.82. The summed E-state index contributed by atoms with van der Waals surface area (Å²) >= 11 is 0. The standard InChI is InChI=1S/C17H23NO3/c1-5-20-16-9-13-14(10-17(16)21-6-2)18-12(7-11(3)4)8-15(13)19/h8-11H,5-7H2,1-4H3,(H,18,19). The Kier molecular flexibility index (Phi) is 4.89. The van der Waals surface area contributed by atoms with E-state index in [2.05, 4.69) is 18.8 Å². The van der Waals surface area contributed by atoms with Crippen LogP contribution in [0.2, 0.25) is 0 Å². The van der Waals surface area contributed by atoms with Gasteiger partial charge < -0.3 is 14.5 Å². The van der Waals surface area contributed by atoms with Crippen molar-refractivity contribution in [1.29, 1.82) is 0 Å². The van der Waals surface area contributed by atoms with Crippen LogP contribution >= 0.6 is 0 Å². The van der Waals surface area contributed by atoms with Gasteiger partial charge in [0.1, 0.15) is 0 Å². The molecular weight excluding hydrogens is 266 g/mol. The Bertz CT molecular complexity index is 674. The average molecular weight is 289 g/mol. The van der Waals surface area contributed by atoms with Crippen molar-refractivity contribution in [3.8, 4) is 11.5 Å². The third kappa shape index (κ3) is 3.57. The van der Waals surface area contributed by atoms with E-state index in [4.69, 9.17) is 9.47 Å². The van der Waals surface area contributed by atoms with Crippen LogP contribution in [-0.4, -0.2) is 18.2 Å². The summed E-state index contributed by atoms with van der Waals surface area (Å²) in [4.78, 5) is 15.6. The average Bonchev–Trinajstić information content (AvgIpc) is 2.40. The predicted octanol–water partition coefficient (Wildman–Crippen LogP) is 3.52. The number of fused-ring (bicyclic) bond motifs is 1. The molecule has 1 heterocycles. The van der Waals surface area contributed by atoms with Gasteiger partial charge in [0.15, 0.2) is 16.9 Å². The van der Waals surface area contributed by atoms with E-state index in [1.165, 1.54) is 0 Å². The van der Waals surface area contributed by atoms with Crippen LogP contribution in [0, 0.1) is 5.92 Å². The van der Waals surface area contributed by atoms with Crippen molar-refractivity contribution in [2.45, 2.75) is 34.1 Å². The Labute approximate surface area is 125 Å². The number of pyridine rings is 1. The fourth-order valence-corrected chi connectivity index (χ4v) is 2.40. The number of aromatic amines is 1. The van der Waals surface area contributed by atoms with Crippen LogP contribution in [0.5, 0.6) is 11.5 Å². The number of hydrogen-bond acceptors (Lipinski definition) is 3. The van der Waals surface area contributed by atoms with Crippen molar-refractivity contribution in [2.24, 2.45) is 5.92 Å². The summed E-state index contributed by atoms with van der Waals surface area (Å²) in [6.07, 6.45) is 0.850. The second-order valence-corrected chi connectivity index (χ2v) is 5.47. The van der Waals surface area contributed by atoms with Crippen LogP contribution in [0.4, 0.5) is 0 Å². The zero-order valence-electron chi connectivity index (χ0n) is 13.2. The molecule has 0 spiro atoms. The smallest absolute Gasteiger partial charge is 0.189 e. The van der Waals surface area contributed by atoms with E-state index < -0.39 is 0 Å². The molecule has 0 unspecified atom stereocenters. The van der Waals surface area contributed by atoms with Crippen LogP contribution in [0.15, 0.2) is 23.0 Å². The lowest BCUT2D eigenvalue weighted by Crippen LogP contribution is -2.08. The first-order valence-electron chi connectivity index (χ1n) is 7.50. The highest BCUT2D eigenvalue weighted by atomic mass is 16.5. The molecule has 1 N–H and O–H groups in total. The van der Waals surface area contributed by atoms with E-state index in [1.54, 1.807) is 12.1 Å². The van der Waals surface area contributed by atoms with Gasteiger partial charge >= 0.3 is 0 Å². The van der Waals surface area contributed by atoms with E-state index in [9.17, 15) is 4.79 Å². The first kappa shape index (κ1) is 15.4. The lowest BCUT2D eigenvalue weighted by atomic mass is 10.1. The molecule has 1 aromatic carbocycles. The van der Waals surface area contributed by atoms with Crippen LogP contribution in [-0.2, 0) is 6.42 Å². The van der Waals surface area contributed by atoms with Crippen molar-refractivity contribution in [3.63, 3.8) is 0 Å². The topological polar surface area (TPSA) is 51.3 Å². The number of hydrogen-bond donors (Lipinski definition) is 1. The van der Waals surface area contributed by atoms with Crippen LogP contribution in [0.3, 0.4) is 0 Å². The molecule has 0 bridgehead atoms. The van der Waals surface area contributed by atoms with Gasteiger partial charge in [-0.3, -0.25) is 4.79 Å². The highest BCUT2D eigenvalue weighted by Gasteiger charge is 2.11. The number of ether oxygens (including phenoxy) is 2. The van der Waals surface area contributed by atoms with Gasteiger partial charge in [-0.2, -0.15) is 0 Å². The SMILES string of the molecule is CCOc1cc2[nH]c(CC(C)C)cc(=O)c2cc1OCC. The van der Waals surface area contributed by atoms with E-state index >= 15 is 0 Å². The molecule has 0 aliphatic carbocycles. The molecule has 0 fully saturated rings. The van der Waals surface area contributed by atoms with Gasteiger partial charge in [0.05, 0.1) is 18.7 Å². The molecule has 21 heavy (non-hydrogen) atoms. The minimum atomic E-state index is 0.0170. The first-order valence-corrected chi connectivity index (χ1v) is 7.50. The summed E-state index contributed by atoms with van der Waals surface area (Å²) in [5.41, 5.74) is 1.77. The molecule has 4 heteroatoms. The minimum Gasteiger partial charge on any atom is -0.490 e. The predicted molar refractivity (Wildman–Crippen MR) is 85.4 cm³/mol. The molecule has 2 aromatic rings. The molecule has 0 aliphatic heterocycles. The summed E-state index contributed by atoms with van der Waals surface area (Å²) < 4.78 is 11.2. The largest absolute Gasteiger partial charge is 0.490 e. The van der Waals surface area contributed by atoms with Gasteiger partial charge in [0.2, 0.25) is 0 Å². The zero-order valence-corrected chi connectivity index (χ0v) is 13.2. The van der Waals surface area contributed by atoms with Gasteiger partial charge in [-0.25, -0.2) is 0 Å². The third-order valence-corrected chi connectivity index (χ3v) is 3.18. The zero-order chi connectivity index (χ0) is 15.4. The van der Waals surface area contributed by atoms with Crippen molar-refractivity contribution >= 4 is 10.9 Å². The van der Waals surface area contributed by atoms with Gasteiger partial charge in [-0.1, -0.05) is 13.8 Å². The third-order valence-electron chi connectivity index (χ3n) is 3.18. The Balaban J connectivity index is 2.57. The Morgan fingerprint density at radius 1 is 1.05 bits per heavy atom. The van der Waals surface area contributed by atoms with E-state index in [0.29, 0.717) is 36.0 Å². The fraction of sp³-hybridized carbons (Fsp3) is 0.471. The van der Waals surface area contributed by atoms with Crippen LogP contribution < -0.4 is 14.9 Å². The molecule has 114 valence electrons. The van der Waals surface area contributed by atoms with Gasteiger partial charge in [-0.05, 0) is 32.3 Å². The first-order chi connectivity index (χ1) is 10.0. The molecule has 0 radical (unpaired) electrons. The molecule has 0 saturated carbocycles. The molecule has 4 nitrogen and oxygen atoms in total. The molecule has 0 amide bonds. The molecule has 0 atom stereocenters. The number of nitrogens with one attached hydrogen (secondary N) is 1. The Morgan fingerprint density at radius 2 is 1.67 bits per heavy atom. The van der Waals surface area contributed by atoms with Crippen molar-refractivity contribution in [2.75, 3.05) is 13.2 Å². The van der Waals surface area contributed by atoms with E-state index in [-0.39, 0.29) is 5.43 Å². The Morgan fingerprint density at radius 3 is 2.24 bits per heavy atom. The fourth-order valence-electron chi connectivity index (χ4n) is 2.40. The van der Waals surface area contributed by atoms with E-state index in [1.807, 2.05) is 19.9 Å². The normalized spacial score (nSPS) is 11.1. The van der Waals surface area contributed by atoms with E-state index in [0.717, 1.165) is 17.6 Å². The molecule has 0 saturated heterocycles. The van der Waals surface area contributed by atoms with Crippen LogP contribution in [0.25, 0.3) is 10.9 Å². The molecule has 1 aromatic heterocycles. The molecular formula is C17H23NO3.